The lowest BCUT2D eigenvalue weighted by Gasteiger charge is -2.39. The molecule has 0 radical (unpaired) electrons. The molecular formula is C50H90O9. The van der Waals surface area contributed by atoms with Gasteiger partial charge in [-0.1, -0.05) is 165 Å². The summed E-state index contributed by atoms with van der Waals surface area (Å²) in [4.78, 5) is 12.8. The number of hydrogen-bond acceptors (Lipinski definition) is 9. The molecule has 0 aromatic heterocycles. The highest BCUT2D eigenvalue weighted by atomic mass is 16.7. The van der Waals surface area contributed by atoms with E-state index in [2.05, 4.69) is 62.5 Å². The predicted octanol–water partition coefficient (Wildman–Crippen LogP) is 11.3. The summed E-state index contributed by atoms with van der Waals surface area (Å²) in [5.41, 5.74) is 0. The summed E-state index contributed by atoms with van der Waals surface area (Å²) in [6.45, 7) is 4.51. The first-order chi connectivity index (χ1) is 28.9. The van der Waals surface area contributed by atoms with Gasteiger partial charge in [0.05, 0.1) is 19.8 Å². The van der Waals surface area contributed by atoms with Crippen molar-refractivity contribution >= 4 is 5.97 Å². The van der Waals surface area contributed by atoms with Crippen molar-refractivity contribution in [2.24, 2.45) is 0 Å². The first-order valence-corrected chi connectivity index (χ1v) is 24.2. The molecule has 9 nitrogen and oxygen atoms in total. The topological polar surface area (TPSA) is 135 Å². The number of esters is 1. The van der Waals surface area contributed by atoms with E-state index in [0.717, 1.165) is 70.6 Å². The van der Waals surface area contributed by atoms with Gasteiger partial charge < -0.3 is 39.4 Å². The van der Waals surface area contributed by atoms with Gasteiger partial charge in [-0.05, 0) is 77.0 Å². The minimum Gasteiger partial charge on any atom is -0.457 e. The molecule has 9 heteroatoms. The highest BCUT2D eigenvalue weighted by Gasteiger charge is 2.44. The van der Waals surface area contributed by atoms with Gasteiger partial charge in [-0.3, -0.25) is 4.79 Å². The minimum absolute atomic E-state index is 0.121. The first-order valence-electron chi connectivity index (χ1n) is 24.2. The van der Waals surface area contributed by atoms with Crippen molar-refractivity contribution in [3.8, 4) is 0 Å². The standard InChI is InChI=1S/C50H90O9/c1-3-5-7-9-11-13-15-17-19-20-21-22-23-24-25-26-28-30-32-34-36-38-40-56-42-44(43-57-50-49(55)48(54)47(53)45(41-51)59-50)58-46(52)39-37-35-33-31-29-27-18-16-14-12-10-8-6-4-2/h15-18,20-21,23-24,44-45,47-51,53-55H,3-14,19,22,25-43H2,1-2H3/b17-15-,18-16-,21-20-,24-23-. The number of hydrogen-bond donors (Lipinski definition) is 4. The first kappa shape index (κ1) is 55.2. The number of aliphatic hydroxyl groups excluding tert-OH is 4. The Hall–Kier alpha value is -1.85. The molecule has 0 spiro atoms. The van der Waals surface area contributed by atoms with Gasteiger partial charge in [-0.2, -0.15) is 0 Å². The Morgan fingerprint density at radius 2 is 0.983 bits per heavy atom. The third kappa shape index (κ3) is 32.5. The molecule has 59 heavy (non-hydrogen) atoms. The lowest BCUT2D eigenvalue weighted by Crippen LogP contribution is -2.59. The molecule has 1 heterocycles. The number of carbonyl (C=O) groups is 1. The van der Waals surface area contributed by atoms with Gasteiger partial charge >= 0.3 is 5.97 Å². The van der Waals surface area contributed by atoms with Crippen molar-refractivity contribution in [3.63, 3.8) is 0 Å². The van der Waals surface area contributed by atoms with E-state index in [1.807, 2.05) is 0 Å². The summed E-state index contributed by atoms with van der Waals surface area (Å²) >= 11 is 0. The maximum absolute atomic E-state index is 12.8. The molecule has 1 aliphatic heterocycles. The second-order valence-corrected chi connectivity index (χ2v) is 16.6. The predicted molar refractivity (Wildman–Crippen MR) is 242 cm³/mol. The second-order valence-electron chi connectivity index (χ2n) is 16.6. The summed E-state index contributed by atoms with van der Waals surface area (Å²) < 4.78 is 22.8. The van der Waals surface area contributed by atoms with Gasteiger partial charge in [0.25, 0.3) is 0 Å². The average Bonchev–Trinajstić information content (AvgIpc) is 3.24. The van der Waals surface area contributed by atoms with E-state index in [-0.39, 0.29) is 19.2 Å². The molecule has 0 aromatic carbocycles. The van der Waals surface area contributed by atoms with Crippen LogP contribution in [-0.4, -0.2) is 89.6 Å². The van der Waals surface area contributed by atoms with Crippen LogP contribution in [-0.2, 0) is 23.7 Å². The Morgan fingerprint density at radius 1 is 0.542 bits per heavy atom. The van der Waals surface area contributed by atoms with Crippen LogP contribution < -0.4 is 0 Å². The van der Waals surface area contributed by atoms with Crippen molar-refractivity contribution in [1.29, 1.82) is 0 Å². The van der Waals surface area contributed by atoms with Gasteiger partial charge in [0, 0.05) is 13.0 Å². The zero-order valence-corrected chi connectivity index (χ0v) is 37.7. The van der Waals surface area contributed by atoms with Crippen LogP contribution >= 0.6 is 0 Å². The maximum atomic E-state index is 12.8. The maximum Gasteiger partial charge on any atom is 0.306 e. The normalized spacial score (nSPS) is 20.5. The Labute approximate surface area is 361 Å². The molecule has 0 amide bonds. The molecule has 0 aromatic rings. The number of aliphatic hydroxyl groups is 4. The van der Waals surface area contributed by atoms with Crippen molar-refractivity contribution in [2.75, 3.05) is 26.4 Å². The van der Waals surface area contributed by atoms with E-state index in [1.54, 1.807) is 0 Å². The van der Waals surface area contributed by atoms with Crippen LogP contribution in [0.5, 0.6) is 0 Å². The molecule has 1 fully saturated rings. The van der Waals surface area contributed by atoms with Crippen molar-refractivity contribution in [2.45, 2.75) is 237 Å². The molecular weight excluding hydrogens is 745 g/mol. The van der Waals surface area contributed by atoms with Crippen molar-refractivity contribution in [3.05, 3.63) is 48.6 Å². The quantitative estimate of drug-likeness (QED) is 0.0270. The number of rotatable bonds is 41. The Morgan fingerprint density at radius 3 is 1.49 bits per heavy atom. The van der Waals surface area contributed by atoms with Gasteiger partial charge in [0.15, 0.2) is 6.29 Å². The fourth-order valence-electron chi connectivity index (χ4n) is 7.14. The van der Waals surface area contributed by atoms with Crippen LogP contribution in [0.15, 0.2) is 48.6 Å². The van der Waals surface area contributed by atoms with Gasteiger partial charge in [-0.25, -0.2) is 0 Å². The Bertz CT molecular complexity index is 1040. The van der Waals surface area contributed by atoms with Crippen LogP contribution in [0.3, 0.4) is 0 Å². The molecule has 0 aliphatic carbocycles. The number of allylic oxidation sites excluding steroid dienone is 8. The molecule has 6 unspecified atom stereocenters. The van der Waals surface area contributed by atoms with Gasteiger partial charge in [0.1, 0.15) is 30.5 Å². The largest absolute Gasteiger partial charge is 0.457 e. The van der Waals surface area contributed by atoms with Crippen LogP contribution in [0.4, 0.5) is 0 Å². The Kier molecular flexibility index (Phi) is 38.8. The van der Waals surface area contributed by atoms with Gasteiger partial charge in [0.2, 0.25) is 0 Å². The molecule has 6 atom stereocenters. The third-order valence-corrected chi connectivity index (χ3v) is 11.0. The molecule has 0 bridgehead atoms. The monoisotopic (exact) mass is 835 g/mol. The summed E-state index contributed by atoms with van der Waals surface area (Å²) in [6, 6.07) is 0. The zero-order valence-electron chi connectivity index (χ0n) is 37.7. The fourth-order valence-corrected chi connectivity index (χ4v) is 7.14. The van der Waals surface area contributed by atoms with E-state index in [1.165, 1.54) is 109 Å². The molecule has 344 valence electrons. The van der Waals surface area contributed by atoms with E-state index in [9.17, 15) is 25.2 Å². The van der Waals surface area contributed by atoms with Crippen LogP contribution in [0.2, 0.25) is 0 Å². The van der Waals surface area contributed by atoms with E-state index >= 15 is 0 Å². The number of carbonyl (C=O) groups excluding carboxylic acids is 1. The zero-order chi connectivity index (χ0) is 42.9. The average molecular weight is 835 g/mol. The summed E-state index contributed by atoms with van der Waals surface area (Å²) in [7, 11) is 0. The smallest absolute Gasteiger partial charge is 0.306 e. The van der Waals surface area contributed by atoms with Crippen LogP contribution in [0.25, 0.3) is 0 Å². The van der Waals surface area contributed by atoms with Gasteiger partial charge in [-0.15, -0.1) is 0 Å². The minimum atomic E-state index is -1.54. The highest BCUT2D eigenvalue weighted by Crippen LogP contribution is 2.22. The van der Waals surface area contributed by atoms with Crippen LogP contribution in [0, 0.1) is 0 Å². The van der Waals surface area contributed by atoms with E-state index < -0.39 is 43.4 Å². The fraction of sp³-hybridized carbons (Fsp3) is 0.820. The molecule has 1 saturated heterocycles. The number of unbranched alkanes of at least 4 members (excludes halogenated alkanes) is 22. The summed E-state index contributed by atoms with van der Waals surface area (Å²) in [6.07, 6.45) is 44.2. The number of ether oxygens (including phenoxy) is 4. The molecule has 1 aliphatic rings. The lowest BCUT2D eigenvalue weighted by atomic mass is 9.99. The molecule has 4 N–H and O–H groups in total. The summed E-state index contributed by atoms with van der Waals surface area (Å²) in [5.74, 6) is -0.327. The molecule has 0 saturated carbocycles. The van der Waals surface area contributed by atoms with Crippen molar-refractivity contribution in [1.82, 2.24) is 0 Å². The van der Waals surface area contributed by atoms with E-state index in [4.69, 9.17) is 18.9 Å². The SMILES string of the molecule is CCCCCCC/C=C\C/C=C\C/C=C\CCCCCCCCCOCC(COC1OC(CO)C(O)C(O)C1O)OC(=O)CCCCCCC/C=C\CCCCCCC. The third-order valence-electron chi connectivity index (χ3n) is 11.0. The second kappa shape index (κ2) is 41.5. The Balaban J connectivity index is 2.24. The highest BCUT2D eigenvalue weighted by molar-refractivity contribution is 5.69. The van der Waals surface area contributed by atoms with E-state index in [0.29, 0.717) is 13.0 Å². The van der Waals surface area contributed by atoms with Crippen LogP contribution in [0.1, 0.15) is 200 Å². The van der Waals surface area contributed by atoms with Crippen molar-refractivity contribution < 1.29 is 44.2 Å². The summed E-state index contributed by atoms with van der Waals surface area (Å²) in [5, 5.41) is 40.2. The molecule has 1 rings (SSSR count). The lowest BCUT2D eigenvalue weighted by molar-refractivity contribution is -0.305.